The second-order valence-electron chi connectivity index (χ2n) is 4.76. The van der Waals surface area contributed by atoms with Crippen LogP contribution in [0.3, 0.4) is 0 Å². The van der Waals surface area contributed by atoms with E-state index >= 15 is 0 Å². The van der Waals surface area contributed by atoms with Crippen molar-refractivity contribution in [3.05, 3.63) is 29.6 Å². The summed E-state index contributed by atoms with van der Waals surface area (Å²) in [5.41, 5.74) is -0.742. The molecule has 0 aromatic heterocycles. The van der Waals surface area contributed by atoms with Crippen LogP contribution in [0.5, 0.6) is 5.75 Å². The molecule has 5 heteroatoms. The normalized spacial score (nSPS) is 17.7. The molecule has 0 bridgehead atoms. The Morgan fingerprint density at radius 1 is 1.39 bits per heavy atom. The van der Waals surface area contributed by atoms with Crippen molar-refractivity contribution in [3.8, 4) is 5.75 Å². The van der Waals surface area contributed by atoms with E-state index in [9.17, 15) is 14.3 Å². The first-order valence-corrected chi connectivity index (χ1v) is 5.98. The van der Waals surface area contributed by atoms with E-state index in [2.05, 4.69) is 5.32 Å². The second kappa shape index (κ2) is 4.94. The number of amides is 1. The van der Waals surface area contributed by atoms with E-state index in [1.54, 1.807) is 0 Å². The number of phenolic OH excluding ortho intramolecular Hbond substituents is 1. The molecule has 0 heterocycles. The van der Waals surface area contributed by atoms with Gasteiger partial charge in [-0.1, -0.05) is 12.8 Å². The maximum atomic E-state index is 13.5. The Hall–Kier alpha value is -1.62. The lowest BCUT2D eigenvalue weighted by molar-refractivity contribution is 0.0834. The first-order chi connectivity index (χ1) is 8.56. The Balaban J connectivity index is 2.16. The molecule has 1 fully saturated rings. The quantitative estimate of drug-likeness (QED) is 0.765. The number of nitrogens with one attached hydrogen (secondary N) is 1. The molecule has 2 rings (SSSR count). The number of benzene rings is 1. The Labute approximate surface area is 104 Å². The van der Waals surface area contributed by atoms with Crippen LogP contribution in [-0.2, 0) is 0 Å². The summed E-state index contributed by atoms with van der Waals surface area (Å²) in [6.07, 6.45) is 3.29. The largest absolute Gasteiger partial charge is 0.508 e. The predicted molar refractivity (Wildman–Crippen MR) is 63.8 cm³/mol. The van der Waals surface area contributed by atoms with Crippen LogP contribution in [-0.4, -0.2) is 28.3 Å². The number of hydrogen-bond donors (Lipinski definition) is 3. The lowest BCUT2D eigenvalue weighted by atomic mass is 9.98. The summed E-state index contributed by atoms with van der Waals surface area (Å²) in [4.78, 5) is 12.0. The standard InChI is InChI=1S/C13H16FNO3/c14-11-7-9(17)3-4-10(11)12(18)15-13(8-16)5-1-2-6-13/h3-4,7,16-17H,1-2,5-6,8H2,(H,15,18). The van der Waals surface area contributed by atoms with E-state index < -0.39 is 17.3 Å². The number of rotatable bonds is 3. The summed E-state index contributed by atoms with van der Waals surface area (Å²) >= 11 is 0. The average Bonchev–Trinajstić information content (AvgIpc) is 2.78. The fraction of sp³-hybridized carbons (Fsp3) is 0.462. The zero-order chi connectivity index (χ0) is 13.2. The number of phenols is 1. The summed E-state index contributed by atoms with van der Waals surface area (Å²) in [5, 5.41) is 21.2. The van der Waals surface area contributed by atoms with Crippen LogP contribution < -0.4 is 5.32 Å². The Bertz CT molecular complexity index is 456. The lowest BCUT2D eigenvalue weighted by Crippen LogP contribution is -2.49. The van der Waals surface area contributed by atoms with Crippen molar-refractivity contribution >= 4 is 5.91 Å². The molecule has 98 valence electrons. The molecular formula is C13H16FNO3. The number of carbonyl (C=O) groups excluding carboxylic acids is 1. The van der Waals surface area contributed by atoms with Gasteiger partial charge in [-0.2, -0.15) is 0 Å². The third-order valence-electron chi connectivity index (χ3n) is 3.44. The van der Waals surface area contributed by atoms with Gasteiger partial charge < -0.3 is 15.5 Å². The second-order valence-corrected chi connectivity index (χ2v) is 4.76. The molecule has 0 unspecified atom stereocenters. The number of hydrogen-bond acceptors (Lipinski definition) is 3. The lowest BCUT2D eigenvalue weighted by Gasteiger charge is -2.28. The van der Waals surface area contributed by atoms with Gasteiger partial charge in [0.15, 0.2) is 0 Å². The third-order valence-corrected chi connectivity index (χ3v) is 3.44. The van der Waals surface area contributed by atoms with E-state index in [1.807, 2.05) is 0 Å². The molecule has 0 aliphatic heterocycles. The van der Waals surface area contributed by atoms with E-state index in [0.717, 1.165) is 18.9 Å². The molecule has 0 atom stereocenters. The van der Waals surface area contributed by atoms with Gasteiger partial charge in [0.25, 0.3) is 5.91 Å². The van der Waals surface area contributed by atoms with Crippen molar-refractivity contribution in [2.24, 2.45) is 0 Å². The number of halogens is 1. The van der Waals surface area contributed by atoms with Crippen LogP contribution >= 0.6 is 0 Å². The monoisotopic (exact) mass is 253 g/mol. The highest BCUT2D eigenvalue weighted by Crippen LogP contribution is 2.29. The van der Waals surface area contributed by atoms with Crippen LogP contribution in [0.1, 0.15) is 36.0 Å². The van der Waals surface area contributed by atoms with Crippen molar-refractivity contribution in [1.29, 1.82) is 0 Å². The smallest absolute Gasteiger partial charge is 0.254 e. The van der Waals surface area contributed by atoms with Crippen LogP contribution in [0.2, 0.25) is 0 Å². The number of aliphatic hydroxyl groups is 1. The maximum Gasteiger partial charge on any atom is 0.254 e. The highest BCUT2D eigenvalue weighted by molar-refractivity contribution is 5.95. The first-order valence-electron chi connectivity index (χ1n) is 5.98. The Morgan fingerprint density at radius 2 is 2.06 bits per heavy atom. The molecule has 4 nitrogen and oxygen atoms in total. The molecule has 1 aromatic rings. The third kappa shape index (κ3) is 2.46. The molecule has 3 N–H and O–H groups in total. The van der Waals surface area contributed by atoms with E-state index in [4.69, 9.17) is 5.11 Å². The zero-order valence-electron chi connectivity index (χ0n) is 9.95. The number of aliphatic hydroxyl groups excluding tert-OH is 1. The van der Waals surface area contributed by atoms with Gasteiger partial charge in [0.1, 0.15) is 11.6 Å². The SMILES string of the molecule is O=C(NC1(CO)CCCC1)c1ccc(O)cc1F. The summed E-state index contributed by atoms with van der Waals surface area (Å²) in [6.45, 7) is -0.140. The van der Waals surface area contributed by atoms with Crippen molar-refractivity contribution in [2.45, 2.75) is 31.2 Å². The van der Waals surface area contributed by atoms with Gasteiger partial charge in [0, 0.05) is 6.07 Å². The molecular weight excluding hydrogens is 237 g/mol. The van der Waals surface area contributed by atoms with Gasteiger partial charge in [-0.05, 0) is 25.0 Å². The Morgan fingerprint density at radius 3 is 2.61 bits per heavy atom. The molecule has 1 amide bonds. The molecule has 1 saturated carbocycles. The molecule has 0 spiro atoms. The highest BCUT2D eigenvalue weighted by atomic mass is 19.1. The summed E-state index contributed by atoms with van der Waals surface area (Å²) in [6, 6.07) is 3.40. The van der Waals surface area contributed by atoms with Crippen molar-refractivity contribution < 1.29 is 19.4 Å². The molecule has 1 aliphatic carbocycles. The zero-order valence-corrected chi connectivity index (χ0v) is 9.95. The number of carbonyl (C=O) groups is 1. The minimum absolute atomic E-state index is 0.118. The summed E-state index contributed by atoms with van der Waals surface area (Å²) < 4.78 is 13.5. The van der Waals surface area contributed by atoms with Gasteiger partial charge in [-0.25, -0.2) is 4.39 Å². The summed E-state index contributed by atoms with van der Waals surface area (Å²) in [5.74, 6) is -1.54. The van der Waals surface area contributed by atoms with E-state index in [1.165, 1.54) is 12.1 Å². The highest BCUT2D eigenvalue weighted by Gasteiger charge is 2.35. The van der Waals surface area contributed by atoms with Gasteiger partial charge in [-0.15, -0.1) is 0 Å². The number of aromatic hydroxyl groups is 1. The minimum Gasteiger partial charge on any atom is -0.508 e. The van der Waals surface area contributed by atoms with Gasteiger partial charge in [0.2, 0.25) is 0 Å². The van der Waals surface area contributed by atoms with Crippen LogP contribution in [0.4, 0.5) is 4.39 Å². The predicted octanol–water partition coefficient (Wildman–Crippen LogP) is 1.57. The first kappa shape index (κ1) is 12.8. The van der Waals surface area contributed by atoms with Crippen LogP contribution in [0.25, 0.3) is 0 Å². The van der Waals surface area contributed by atoms with Crippen molar-refractivity contribution in [2.75, 3.05) is 6.61 Å². The van der Waals surface area contributed by atoms with Crippen LogP contribution in [0, 0.1) is 5.82 Å². The molecule has 1 aliphatic rings. The molecule has 0 saturated heterocycles. The molecule has 0 radical (unpaired) electrons. The van der Waals surface area contributed by atoms with Crippen molar-refractivity contribution in [1.82, 2.24) is 5.32 Å². The van der Waals surface area contributed by atoms with Crippen LogP contribution in [0.15, 0.2) is 18.2 Å². The molecule has 1 aromatic carbocycles. The fourth-order valence-electron chi connectivity index (χ4n) is 2.37. The van der Waals surface area contributed by atoms with E-state index in [-0.39, 0.29) is 17.9 Å². The van der Waals surface area contributed by atoms with E-state index in [0.29, 0.717) is 12.8 Å². The maximum absolute atomic E-state index is 13.5. The minimum atomic E-state index is -0.765. The topological polar surface area (TPSA) is 69.6 Å². The van der Waals surface area contributed by atoms with Gasteiger partial charge >= 0.3 is 0 Å². The molecule has 18 heavy (non-hydrogen) atoms. The van der Waals surface area contributed by atoms with Crippen molar-refractivity contribution in [3.63, 3.8) is 0 Å². The average molecular weight is 253 g/mol. The fourth-order valence-corrected chi connectivity index (χ4v) is 2.37. The van der Waals surface area contributed by atoms with Gasteiger partial charge in [-0.3, -0.25) is 4.79 Å². The Kier molecular flexibility index (Phi) is 3.52. The van der Waals surface area contributed by atoms with Gasteiger partial charge in [0.05, 0.1) is 17.7 Å². The summed E-state index contributed by atoms with van der Waals surface area (Å²) in [7, 11) is 0.